The van der Waals surface area contributed by atoms with Gasteiger partial charge in [-0.25, -0.2) is 19.0 Å². The summed E-state index contributed by atoms with van der Waals surface area (Å²) < 4.78 is 18.2. The molecule has 10 heteroatoms. The van der Waals surface area contributed by atoms with E-state index < -0.39 is 5.82 Å². The standard InChI is InChI=1S/C20H18FN9/c1-3-30-14(7-8-24-30)10-29-11-16(27-28-29)18-17(21)19(23)26-20(25-18)15-6-4-5-13(9-22)12(15)2/h4-8,11H,3,10H2,1-2H3,(H2,23,25,26). The van der Waals surface area contributed by atoms with Crippen LogP contribution in [0, 0.1) is 24.1 Å². The number of aromatic nitrogens is 7. The molecule has 0 unspecified atom stereocenters. The van der Waals surface area contributed by atoms with Crippen molar-refractivity contribution in [3.8, 4) is 28.8 Å². The average Bonchev–Trinajstić information content (AvgIpc) is 3.40. The molecule has 4 aromatic rings. The molecular weight excluding hydrogens is 385 g/mol. The van der Waals surface area contributed by atoms with Crippen molar-refractivity contribution >= 4 is 5.82 Å². The Bertz CT molecular complexity index is 1270. The smallest absolute Gasteiger partial charge is 0.193 e. The monoisotopic (exact) mass is 403 g/mol. The van der Waals surface area contributed by atoms with E-state index in [2.05, 4.69) is 31.4 Å². The zero-order valence-corrected chi connectivity index (χ0v) is 16.4. The quantitative estimate of drug-likeness (QED) is 0.543. The van der Waals surface area contributed by atoms with Crippen molar-refractivity contribution in [1.82, 2.24) is 34.7 Å². The number of hydrogen-bond acceptors (Lipinski definition) is 7. The third kappa shape index (κ3) is 3.37. The Morgan fingerprint density at radius 3 is 2.83 bits per heavy atom. The number of nitrogen functional groups attached to an aromatic ring is 1. The molecule has 0 bridgehead atoms. The van der Waals surface area contributed by atoms with Gasteiger partial charge in [-0.15, -0.1) is 5.10 Å². The Morgan fingerprint density at radius 1 is 1.23 bits per heavy atom. The lowest BCUT2D eigenvalue weighted by Crippen LogP contribution is -2.08. The molecule has 4 rings (SSSR count). The highest BCUT2D eigenvalue weighted by atomic mass is 19.1. The van der Waals surface area contributed by atoms with Crippen molar-refractivity contribution in [2.45, 2.75) is 26.9 Å². The van der Waals surface area contributed by atoms with Crippen LogP contribution in [0.15, 0.2) is 36.7 Å². The number of nitrogens with two attached hydrogens (primary N) is 1. The molecule has 30 heavy (non-hydrogen) atoms. The van der Waals surface area contributed by atoms with E-state index in [4.69, 9.17) is 5.73 Å². The van der Waals surface area contributed by atoms with Crippen LogP contribution in [0.25, 0.3) is 22.8 Å². The van der Waals surface area contributed by atoms with Crippen molar-refractivity contribution in [2.75, 3.05) is 5.73 Å². The summed E-state index contributed by atoms with van der Waals surface area (Å²) in [4.78, 5) is 8.42. The Labute approximate surface area is 171 Å². The summed E-state index contributed by atoms with van der Waals surface area (Å²) in [7, 11) is 0. The topological polar surface area (TPSA) is 124 Å². The summed E-state index contributed by atoms with van der Waals surface area (Å²) in [6.07, 6.45) is 3.31. The molecule has 0 saturated heterocycles. The van der Waals surface area contributed by atoms with Gasteiger partial charge < -0.3 is 5.73 Å². The van der Waals surface area contributed by atoms with Crippen LogP contribution in [-0.2, 0) is 13.1 Å². The number of nitrogens with zero attached hydrogens (tertiary/aromatic N) is 8. The summed E-state index contributed by atoms with van der Waals surface area (Å²) in [5, 5.41) is 21.6. The van der Waals surface area contributed by atoms with Crippen molar-refractivity contribution in [1.29, 1.82) is 5.26 Å². The molecule has 2 N–H and O–H groups in total. The van der Waals surface area contributed by atoms with Gasteiger partial charge in [-0.05, 0) is 31.5 Å². The molecule has 0 atom stereocenters. The van der Waals surface area contributed by atoms with Crippen molar-refractivity contribution in [2.24, 2.45) is 0 Å². The van der Waals surface area contributed by atoms with Crippen molar-refractivity contribution < 1.29 is 4.39 Å². The maximum Gasteiger partial charge on any atom is 0.193 e. The fourth-order valence-corrected chi connectivity index (χ4v) is 3.18. The Kier molecular flexibility index (Phi) is 4.93. The third-order valence-corrected chi connectivity index (χ3v) is 4.78. The SMILES string of the molecule is CCn1nccc1Cn1cc(-c2nc(-c3cccc(C#N)c3C)nc(N)c2F)nn1. The van der Waals surface area contributed by atoms with Gasteiger partial charge >= 0.3 is 0 Å². The molecule has 0 spiro atoms. The van der Waals surface area contributed by atoms with E-state index in [1.54, 1.807) is 42.2 Å². The third-order valence-electron chi connectivity index (χ3n) is 4.78. The number of hydrogen-bond donors (Lipinski definition) is 1. The molecule has 0 amide bonds. The number of anilines is 1. The van der Waals surface area contributed by atoms with Crippen LogP contribution in [-0.4, -0.2) is 34.7 Å². The highest BCUT2D eigenvalue weighted by Crippen LogP contribution is 2.28. The summed E-state index contributed by atoms with van der Waals surface area (Å²) in [6, 6.07) is 9.18. The van der Waals surface area contributed by atoms with E-state index in [1.165, 1.54) is 0 Å². The van der Waals surface area contributed by atoms with Crippen LogP contribution < -0.4 is 5.73 Å². The molecule has 0 aliphatic carbocycles. The van der Waals surface area contributed by atoms with Crippen LogP contribution in [0.1, 0.15) is 23.7 Å². The Hall–Kier alpha value is -4.13. The lowest BCUT2D eigenvalue weighted by atomic mass is 10.0. The minimum Gasteiger partial charge on any atom is -0.381 e. The number of nitriles is 1. The minimum atomic E-state index is -0.765. The van der Waals surface area contributed by atoms with E-state index >= 15 is 0 Å². The molecule has 9 nitrogen and oxygen atoms in total. The second kappa shape index (κ2) is 7.71. The number of halogens is 1. The fourth-order valence-electron chi connectivity index (χ4n) is 3.18. The molecule has 0 radical (unpaired) electrons. The van der Waals surface area contributed by atoms with Crippen molar-refractivity contribution in [3.63, 3.8) is 0 Å². The van der Waals surface area contributed by atoms with Crippen LogP contribution in [0.4, 0.5) is 10.2 Å². The molecule has 0 aliphatic rings. The molecule has 0 aliphatic heterocycles. The summed E-state index contributed by atoms with van der Waals surface area (Å²) >= 11 is 0. The maximum atomic E-state index is 14.7. The van der Waals surface area contributed by atoms with Crippen LogP contribution >= 0.6 is 0 Å². The second-order valence-electron chi connectivity index (χ2n) is 6.62. The molecule has 1 aromatic carbocycles. The summed E-state index contributed by atoms with van der Waals surface area (Å²) in [6.45, 7) is 4.93. The first kappa shape index (κ1) is 19.2. The fraction of sp³-hybridized carbons (Fsp3) is 0.200. The number of benzene rings is 1. The van der Waals surface area contributed by atoms with Gasteiger partial charge in [0, 0.05) is 18.3 Å². The van der Waals surface area contributed by atoms with Gasteiger partial charge in [-0.1, -0.05) is 17.3 Å². The van der Waals surface area contributed by atoms with E-state index in [-0.39, 0.29) is 23.0 Å². The van der Waals surface area contributed by atoms with Gasteiger partial charge in [0.15, 0.2) is 17.5 Å². The lowest BCUT2D eigenvalue weighted by Gasteiger charge is -2.09. The van der Waals surface area contributed by atoms with E-state index in [0.29, 0.717) is 23.2 Å². The first-order valence-corrected chi connectivity index (χ1v) is 9.26. The second-order valence-corrected chi connectivity index (χ2v) is 6.62. The Morgan fingerprint density at radius 2 is 2.07 bits per heavy atom. The largest absolute Gasteiger partial charge is 0.381 e. The van der Waals surface area contributed by atoms with Crippen LogP contribution in [0.2, 0.25) is 0 Å². The van der Waals surface area contributed by atoms with Gasteiger partial charge in [0.2, 0.25) is 0 Å². The van der Waals surface area contributed by atoms with E-state index in [9.17, 15) is 9.65 Å². The summed E-state index contributed by atoms with van der Waals surface area (Å²) in [5.41, 5.74) is 8.72. The first-order valence-electron chi connectivity index (χ1n) is 9.26. The predicted octanol–water partition coefficient (Wildman–Crippen LogP) is 2.57. The zero-order valence-electron chi connectivity index (χ0n) is 16.4. The molecule has 0 fully saturated rings. The average molecular weight is 403 g/mol. The predicted molar refractivity (Wildman–Crippen MR) is 107 cm³/mol. The van der Waals surface area contributed by atoms with Gasteiger partial charge in [0.05, 0.1) is 30.1 Å². The highest BCUT2D eigenvalue weighted by molar-refractivity contribution is 5.69. The summed E-state index contributed by atoms with van der Waals surface area (Å²) in [5.74, 6) is -0.842. The zero-order chi connectivity index (χ0) is 21.3. The molecule has 150 valence electrons. The maximum absolute atomic E-state index is 14.7. The minimum absolute atomic E-state index is 0.0468. The van der Waals surface area contributed by atoms with Crippen molar-refractivity contribution in [3.05, 3.63) is 59.3 Å². The van der Waals surface area contributed by atoms with Gasteiger partial charge in [-0.3, -0.25) is 4.68 Å². The van der Waals surface area contributed by atoms with Gasteiger partial charge in [0.25, 0.3) is 0 Å². The normalized spacial score (nSPS) is 10.9. The van der Waals surface area contributed by atoms with Gasteiger partial charge in [-0.2, -0.15) is 10.4 Å². The first-order chi connectivity index (χ1) is 14.5. The molecule has 3 aromatic heterocycles. The van der Waals surface area contributed by atoms with Gasteiger partial charge in [0.1, 0.15) is 11.4 Å². The van der Waals surface area contributed by atoms with Crippen LogP contribution in [0.5, 0.6) is 0 Å². The molecule has 0 saturated carbocycles. The molecule has 3 heterocycles. The number of rotatable bonds is 5. The van der Waals surface area contributed by atoms with E-state index in [0.717, 1.165) is 12.2 Å². The number of aryl methyl sites for hydroxylation is 1. The van der Waals surface area contributed by atoms with E-state index in [1.807, 2.05) is 17.7 Å². The Balaban J connectivity index is 1.74. The molecular formula is C20H18FN9. The van der Waals surface area contributed by atoms with Crippen LogP contribution in [0.3, 0.4) is 0 Å². The highest BCUT2D eigenvalue weighted by Gasteiger charge is 2.19. The lowest BCUT2D eigenvalue weighted by molar-refractivity contribution is 0.566.